The topological polar surface area (TPSA) is 89.3 Å². The van der Waals surface area contributed by atoms with E-state index < -0.39 is 34.8 Å². The Balaban J connectivity index is 2.96. The van der Waals surface area contributed by atoms with Gasteiger partial charge < -0.3 is 11.1 Å². The Morgan fingerprint density at radius 2 is 1.95 bits per heavy atom. The summed E-state index contributed by atoms with van der Waals surface area (Å²) in [7, 11) is -3.61. The van der Waals surface area contributed by atoms with Gasteiger partial charge in [-0.25, -0.2) is 17.2 Å². The van der Waals surface area contributed by atoms with Crippen molar-refractivity contribution in [1.29, 1.82) is 0 Å². The van der Waals surface area contributed by atoms with Crippen molar-refractivity contribution in [2.45, 2.75) is 10.8 Å². The molecule has 0 aromatic heterocycles. The molecule has 0 fully saturated rings. The van der Waals surface area contributed by atoms with E-state index in [1.807, 2.05) is 5.32 Å². The molecule has 0 saturated carbocycles. The summed E-state index contributed by atoms with van der Waals surface area (Å²) in [6.07, 6.45) is 0.938. The van der Waals surface area contributed by atoms with Crippen LogP contribution in [0.3, 0.4) is 0 Å². The first kappa shape index (κ1) is 15.5. The number of halogens is 2. The van der Waals surface area contributed by atoms with Gasteiger partial charge in [-0.2, -0.15) is 0 Å². The van der Waals surface area contributed by atoms with E-state index in [0.717, 1.165) is 6.26 Å². The zero-order valence-corrected chi connectivity index (χ0v) is 11.0. The van der Waals surface area contributed by atoms with Crippen LogP contribution >= 0.6 is 0 Å². The molecule has 0 saturated heterocycles. The van der Waals surface area contributed by atoms with Gasteiger partial charge in [0.05, 0.1) is 23.5 Å². The summed E-state index contributed by atoms with van der Waals surface area (Å²) in [5.74, 6) is -4.11. The molecule has 0 bridgehead atoms. The van der Waals surface area contributed by atoms with Crippen LogP contribution in [-0.4, -0.2) is 39.6 Å². The third kappa shape index (κ3) is 4.25. The van der Waals surface area contributed by atoms with Crippen molar-refractivity contribution in [3.63, 3.8) is 0 Å². The van der Waals surface area contributed by atoms with E-state index in [0.29, 0.717) is 0 Å². The molecule has 1 amide bonds. The molecule has 0 unspecified atom stereocenters. The molecule has 3 N–H and O–H groups in total. The predicted octanol–water partition coefficient (Wildman–Crippen LogP) is 0.414. The second-order valence-corrected chi connectivity index (χ2v) is 6.00. The third-order valence-corrected chi connectivity index (χ3v) is 3.49. The maximum Gasteiger partial charge on any atom is 0.277 e. The molecule has 1 aromatic rings. The van der Waals surface area contributed by atoms with Gasteiger partial charge in [-0.05, 0) is 12.1 Å². The molecule has 1 aromatic carbocycles. The second-order valence-electron chi connectivity index (χ2n) is 4.01. The number of benzene rings is 1. The van der Waals surface area contributed by atoms with Crippen molar-refractivity contribution in [3.8, 4) is 0 Å². The smallest absolute Gasteiger partial charge is 0.277 e. The normalized spacial score (nSPS) is 12.2. The SMILES string of the molecule is CS(=O)(=O)c1ccccc1C(=O)NCC(F)(F)CN. The summed E-state index contributed by atoms with van der Waals surface area (Å²) in [6, 6.07) is 5.39. The fourth-order valence-corrected chi connectivity index (χ4v) is 2.24. The molecular formula is C11H14F2N2O3S. The monoisotopic (exact) mass is 292 g/mol. The van der Waals surface area contributed by atoms with Gasteiger partial charge in [0.1, 0.15) is 0 Å². The second kappa shape index (κ2) is 5.62. The Kier molecular flexibility index (Phi) is 4.59. The Morgan fingerprint density at radius 1 is 1.37 bits per heavy atom. The van der Waals surface area contributed by atoms with Gasteiger partial charge in [0.15, 0.2) is 9.84 Å². The van der Waals surface area contributed by atoms with Gasteiger partial charge in [-0.15, -0.1) is 0 Å². The first-order valence-corrected chi connectivity index (χ1v) is 7.22. The number of hydrogen-bond acceptors (Lipinski definition) is 4. The highest BCUT2D eigenvalue weighted by molar-refractivity contribution is 7.90. The van der Waals surface area contributed by atoms with Crippen LogP contribution in [-0.2, 0) is 9.84 Å². The number of hydrogen-bond donors (Lipinski definition) is 2. The van der Waals surface area contributed by atoms with Gasteiger partial charge in [0.2, 0.25) is 0 Å². The number of nitrogens with one attached hydrogen (secondary N) is 1. The summed E-state index contributed by atoms with van der Waals surface area (Å²) in [5, 5.41) is 1.97. The molecule has 0 aliphatic carbocycles. The van der Waals surface area contributed by atoms with Crippen molar-refractivity contribution in [2.75, 3.05) is 19.3 Å². The van der Waals surface area contributed by atoms with Crippen LogP contribution in [0, 0.1) is 0 Å². The lowest BCUT2D eigenvalue weighted by molar-refractivity contribution is 0.0118. The Bertz CT molecular complexity index is 573. The van der Waals surface area contributed by atoms with Gasteiger partial charge in [0, 0.05) is 6.26 Å². The number of nitrogens with two attached hydrogens (primary N) is 1. The highest BCUT2D eigenvalue weighted by atomic mass is 32.2. The van der Waals surface area contributed by atoms with Crippen LogP contribution in [0.2, 0.25) is 0 Å². The standard InChI is InChI=1S/C11H14F2N2O3S/c1-19(17,18)9-5-3-2-4-8(9)10(16)15-7-11(12,13)6-14/h2-5H,6-7,14H2,1H3,(H,15,16). The zero-order chi connectivity index (χ0) is 14.7. The molecule has 0 atom stereocenters. The molecule has 106 valence electrons. The zero-order valence-electron chi connectivity index (χ0n) is 10.2. The lowest BCUT2D eigenvalue weighted by atomic mass is 10.2. The third-order valence-electron chi connectivity index (χ3n) is 2.34. The van der Waals surface area contributed by atoms with E-state index in [4.69, 9.17) is 5.73 Å². The van der Waals surface area contributed by atoms with Gasteiger partial charge >= 0.3 is 0 Å². The molecule has 0 spiro atoms. The van der Waals surface area contributed by atoms with E-state index in [2.05, 4.69) is 0 Å². The number of carbonyl (C=O) groups is 1. The fourth-order valence-electron chi connectivity index (χ4n) is 1.35. The van der Waals surface area contributed by atoms with E-state index >= 15 is 0 Å². The minimum Gasteiger partial charge on any atom is -0.346 e. The molecule has 19 heavy (non-hydrogen) atoms. The van der Waals surface area contributed by atoms with Crippen LogP contribution in [0.25, 0.3) is 0 Å². The average molecular weight is 292 g/mol. The Labute approximate surface area is 109 Å². The minimum absolute atomic E-state index is 0.169. The minimum atomic E-state index is -3.61. The quantitative estimate of drug-likeness (QED) is 0.823. The molecule has 0 aliphatic heterocycles. The number of carbonyl (C=O) groups excluding carboxylic acids is 1. The highest BCUT2D eigenvalue weighted by Gasteiger charge is 2.28. The van der Waals surface area contributed by atoms with Crippen molar-refractivity contribution in [3.05, 3.63) is 29.8 Å². The largest absolute Gasteiger partial charge is 0.346 e. The lowest BCUT2D eigenvalue weighted by Gasteiger charge is -2.15. The molecule has 0 heterocycles. The van der Waals surface area contributed by atoms with Crippen LogP contribution in [0.1, 0.15) is 10.4 Å². The molecular weight excluding hydrogens is 278 g/mol. The van der Waals surface area contributed by atoms with Crippen LogP contribution < -0.4 is 11.1 Å². The summed E-state index contributed by atoms with van der Waals surface area (Å²) < 4.78 is 48.7. The summed E-state index contributed by atoms with van der Waals surface area (Å²) in [4.78, 5) is 11.5. The van der Waals surface area contributed by atoms with Gasteiger partial charge in [-0.1, -0.05) is 12.1 Å². The molecule has 0 aliphatic rings. The molecule has 0 radical (unpaired) electrons. The Morgan fingerprint density at radius 3 is 2.47 bits per heavy atom. The van der Waals surface area contributed by atoms with Gasteiger partial charge in [0.25, 0.3) is 11.8 Å². The van der Waals surface area contributed by atoms with Crippen LogP contribution in [0.15, 0.2) is 29.2 Å². The number of sulfone groups is 1. The number of rotatable bonds is 5. The van der Waals surface area contributed by atoms with E-state index in [1.165, 1.54) is 24.3 Å². The molecule has 8 heteroatoms. The van der Waals surface area contributed by atoms with Crippen molar-refractivity contribution in [2.24, 2.45) is 5.73 Å². The van der Waals surface area contributed by atoms with E-state index in [1.54, 1.807) is 0 Å². The van der Waals surface area contributed by atoms with E-state index in [-0.39, 0.29) is 10.5 Å². The number of alkyl halides is 2. The fraction of sp³-hybridized carbons (Fsp3) is 0.364. The summed E-state index contributed by atoms with van der Waals surface area (Å²) in [5.41, 5.74) is 4.66. The van der Waals surface area contributed by atoms with Crippen molar-refractivity contribution in [1.82, 2.24) is 5.32 Å². The lowest BCUT2D eigenvalue weighted by Crippen LogP contribution is -2.41. The highest BCUT2D eigenvalue weighted by Crippen LogP contribution is 2.16. The van der Waals surface area contributed by atoms with E-state index in [9.17, 15) is 22.0 Å². The van der Waals surface area contributed by atoms with Crippen molar-refractivity contribution < 1.29 is 22.0 Å². The predicted molar refractivity (Wildman–Crippen MR) is 65.9 cm³/mol. The average Bonchev–Trinajstić information content (AvgIpc) is 2.35. The van der Waals surface area contributed by atoms with Crippen LogP contribution in [0.4, 0.5) is 8.78 Å². The molecule has 1 rings (SSSR count). The molecule has 5 nitrogen and oxygen atoms in total. The maximum atomic E-state index is 12.9. The summed E-state index contributed by atoms with van der Waals surface area (Å²) in [6.45, 7) is -1.85. The van der Waals surface area contributed by atoms with Gasteiger partial charge in [-0.3, -0.25) is 4.79 Å². The maximum absolute atomic E-state index is 12.9. The first-order chi connectivity index (χ1) is 8.67. The van der Waals surface area contributed by atoms with Crippen molar-refractivity contribution >= 4 is 15.7 Å². The van der Waals surface area contributed by atoms with Crippen LogP contribution in [0.5, 0.6) is 0 Å². The first-order valence-electron chi connectivity index (χ1n) is 5.32. The summed E-state index contributed by atoms with van der Waals surface area (Å²) >= 11 is 0. The Hall–Kier alpha value is -1.54. The number of amides is 1.